The third-order valence-corrected chi connectivity index (χ3v) is 0.622. The van der Waals surface area contributed by atoms with Crippen LogP contribution in [-0.2, 0) is 0 Å². The maximum atomic E-state index is 8.24. The van der Waals surface area contributed by atoms with Crippen LogP contribution in [0.3, 0.4) is 0 Å². The van der Waals surface area contributed by atoms with Crippen LogP contribution in [0.2, 0.25) is 0 Å². The summed E-state index contributed by atoms with van der Waals surface area (Å²) in [6, 6.07) is 0. The maximum Gasteiger partial charge on any atom is 0.0612 e. The highest BCUT2D eigenvalue weighted by Crippen LogP contribution is 1.92. The average Bonchev–Trinajstić information content (AvgIpc) is 1.66. The number of aliphatic hydroxyl groups is 1. The first-order chi connectivity index (χ1) is 3.77. The molecule has 0 heterocycles. The van der Waals surface area contributed by atoms with Crippen LogP contribution in [0, 0.1) is 6.42 Å². The Morgan fingerprint density at radius 1 is 1.75 bits per heavy atom. The van der Waals surface area contributed by atoms with Crippen LogP contribution in [0.25, 0.3) is 0 Å². The number of allylic oxidation sites excluding steroid dienone is 2. The quantitative estimate of drug-likeness (QED) is 0.582. The Bertz CT molecular complexity index is 92.6. The van der Waals surface area contributed by atoms with Gasteiger partial charge in [-0.1, -0.05) is 24.3 Å². The summed E-state index contributed by atoms with van der Waals surface area (Å²) in [5.41, 5.74) is 0.995. The van der Waals surface area contributed by atoms with Crippen molar-refractivity contribution in [2.75, 3.05) is 6.61 Å². The molecule has 0 aromatic carbocycles. The lowest BCUT2D eigenvalue weighted by atomic mass is 10.2. The summed E-state index contributed by atoms with van der Waals surface area (Å²) in [6.07, 6.45) is 5.28. The van der Waals surface area contributed by atoms with Crippen molar-refractivity contribution in [3.05, 3.63) is 30.7 Å². The first kappa shape index (κ1) is 7.44. The number of hydrogen-bond donors (Lipinski definition) is 1. The Balaban J connectivity index is 3.16. The van der Waals surface area contributed by atoms with E-state index in [1.807, 2.05) is 13.3 Å². The molecule has 0 fully saturated rings. The summed E-state index contributed by atoms with van der Waals surface area (Å²) in [7, 11) is 0. The lowest BCUT2D eigenvalue weighted by Crippen LogP contribution is -1.72. The summed E-state index contributed by atoms with van der Waals surface area (Å²) < 4.78 is 0. The maximum absolute atomic E-state index is 8.24. The van der Waals surface area contributed by atoms with Crippen molar-refractivity contribution in [3.63, 3.8) is 0 Å². The van der Waals surface area contributed by atoms with Crippen molar-refractivity contribution >= 4 is 0 Å². The monoisotopic (exact) mass is 111 g/mol. The number of hydrogen-bond acceptors (Lipinski definition) is 1. The molecule has 0 saturated heterocycles. The molecule has 1 radical (unpaired) electrons. The highest BCUT2D eigenvalue weighted by atomic mass is 16.2. The highest BCUT2D eigenvalue weighted by molar-refractivity contribution is 5.14. The predicted octanol–water partition coefficient (Wildman–Crippen LogP) is 1.32. The van der Waals surface area contributed by atoms with Crippen molar-refractivity contribution in [3.8, 4) is 0 Å². The first-order valence-corrected chi connectivity index (χ1v) is 2.53. The number of aliphatic hydroxyl groups excluding tert-OH is 1. The second-order valence-electron chi connectivity index (χ2n) is 1.62. The molecule has 0 aliphatic heterocycles. The molecule has 0 spiro atoms. The van der Waals surface area contributed by atoms with Crippen molar-refractivity contribution in [1.82, 2.24) is 0 Å². The zero-order chi connectivity index (χ0) is 6.41. The minimum Gasteiger partial charge on any atom is -0.392 e. The lowest BCUT2D eigenvalue weighted by molar-refractivity contribution is 0.342. The van der Waals surface area contributed by atoms with E-state index in [1.165, 1.54) is 0 Å². The van der Waals surface area contributed by atoms with E-state index in [0.29, 0.717) is 0 Å². The van der Waals surface area contributed by atoms with E-state index in [-0.39, 0.29) is 6.61 Å². The smallest absolute Gasteiger partial charge is 0.0612 e. The van der Waals surface area contributed by atoms with E-state index >= 15 is 0 Å². The summed E-state index contributed by atoms with van der Waals surface area (Å²) in [5.74, 6) is 0. The molecule has 0 aliphatic rings. The van der Waals surface area contributed by atoms with Gasteiger partial charge in [-0.15, -0.1) is 0 Å². The van der Waals surface area contributed by atoms with E-state index in [0.717, 1.165) is 5.57 Å². The van der Waals surface area contributed by atoms with E-state index in [2.05, 4.69) is 6.58 Å². The SMILES string of the molecule is C=C(C)[CH]/C=C/CO. The summed E-state index contributed by atoms with van der Waals surface area (Å²) >= 11 is 0. The molecular formula is C7H11O. The third-order valence-electron chi connectivity index (χ3n) is 0.622. The third kappa shape index (κ3) is 5.44. The first-order valence-electron chi connectivity index (χ1n) is 2.53. The van der Waals surface area contributed by atoms with E-state index in [4.69, 9.17) is 5.11 Å². The molecule has 0 saturated carbocycles. The number of rotatable bonds is 3. The van der Waals surface area contributed by atoms with E-state index in [9.17, 15) is 0 Å². The molecule has 0 rings (SSSR count). The van der Waals surface area contributed by atoms with Gasteiger partial charge in [0.05, 0.1) is 6.61 Å². The van der Waals surface area contributed by atoms with Crippen LogP contribution in [0.5, 0.6) is 0 Å². The minimum absolute atomic E-state index is 0.101. The van der Waals surface area contributed by atoms with Gasteiger partial charge < -0.3 is 5.11 Å². The molecule has 0 bridgehead atoms. The van der Waals surface area contributed by atoms with Crippen molar-refractivity contribution < 1.29 is 5.11 Å². The van der Waals surface area contributed by atoms with Gasteiger partial charge in [-0.05, 0) is 6.92 Å². The van der Waals surface area contributed by atoms with Gasteiger partial charge in [-0.25, -0.2) is 0 Å². The highest BCUT2D eigenvalue weighted by Gasteiger charge is 1.76. The fourth-order valence-corrected chi connectivity index (χ4v) is 0.293. The van der Waals surface area contributed by atoms with Crippen LogP contribution in [0.15, 0.2) is 24.3 Å². The van der Waals surface area contributed by atoms with Gasteiger partial charge >= 0.3 is 0 Å². The van der Waals surface area contributed by atoms with Crippen LogP contribution < -0.4 is 0 Å². The lowest BCUT2D eigenvalue weighted by Gasteiger charge is -1.85. The molecule has 1 N–H and O–H groups in total. The average molecular weight is 111 g/mol. The van der Waals surface area contributed by atoms with Gasteiger partial charge in [0, 0.05) is 6.42 Å². The summed E-state index contributed by atoms with van der Waals surface area (Å²) in [4.78, 5) is 0. The molecule has 1 nitrogen and oxygen atoms in total. The fraction of sp³-hybridized carbons (Fsp3) is 0.286. The van der Waals surface area contributed by atoms with Gasteiger partial charge in [-0.2, -0.15) is 0 Å². The van der Waals surface area contributed by atoms with Crippen LogP contribution in [0.4, 0.5) is 0 Å². The van der Waals surface area contributed by atoms with Crippen LogP contribution >= 0.6 is 0 Å². The van der Waals surface area contributed by atoms with Crippen LogP contribution in [0.1, 0.15) is 6.92 Å². The second kappa shape index (κ2) is 4.60. The zero-order valence-corrected chi connectivity index (χ0v) is 5.09. The molecule has 0 aliphatic carbocycles. The minimum atomic E-state index is 0.101. The molecule has 45 valence electrons. The fourth-order valence-electron chi connectivity index (χ4n) is 0.293. The summed E-state index contributed by atoms with van der Waals surface area (Å²) in [6.45, 7) is 5.64. The molecule has 0 aromatic heterocycles. The predicted molar refractivity (Wildman–Crippen MR) is 35.3 cm³/mol. The normalized spacial score (nSPS) is 10.2. The molecule has 8 heavy (non-hydrogen) atoms. The van der Waals surface area contributed by atoms with Gasteiger partial charge in [0.25, 0.3) is 0 Å². The molecule has 1 heteroatoms. The van der Waals surface area contributed by atoms with Crippen molar-refractivity contribution in [1.29, 1.82) is 0 Å². The van der Waals surface area contributed by atoms with E-state index < -0.39 is 0 Å². The molecular weight excluding hydrogens is 100 g/mol. The second-order valence-corrected chi connectivity index (χ2v) is 1.62. The van der Waals surface area contributed by atoms with E-state index in [1.54, 1.807) is 12.2 Å². The molecule has 0 atom stereocenters. The van der Waals surface area contributed by atoms with Gasteiger partial charge in [0.2, 0.25) is 0 Å². The Morgan fingerprint density at radius 3 is 2.75 bits per heavy atom. The Morgan fingerprint density at radius 2 is 2.38 bits per heavy atom. The summed E-state index contributed by atoms with van der Waals surface area (Å²) in [5, 5.41) is 8.24. The van der Waals surface area contributed by atoms with Crippen LogP contribution in [-0.4, -0.2) is 11.7 Å². The molecule has 0 unspecified atom stereocenters. The Kier molecular flexibility index (Phi) is 4.27. The standard InChI is InChI=1S/C7H11O/c1-7(2)5-3-4-6-8/h3-5,8H,1,6H2,2H3/b4-3+. The topological polar surface area (TPSA) is 20.2 Å². The van der Waals surface area contributed by atoms with Gasteiger partial charge in [-0.3, -0.25) is 0 Å². The van der Waals surface area contributed by atoms with Gasteiger partial charge in [0.15, 0.2) is 0 Å². The molecule has 0 aromatic rings. The Labute approximate surface area is 50.3 Å². The Hall–Kier alpha value is -0.560. The largest absolute Gasteiger partial charge is 0.392 e. The van der Waals surface area contributed by atoms with Crippen molar-refractivity contribution in [2.24, 2.45) is 0 Å². The van der Waals surface area contributed by atoms with Gasteiger partial charge in [0.1, 0.15) is 0 Å². The zero-order valence-electron chi connectivity index (χ0n) is 5.09. The van der Waals surface area contributed by atoms with Crippen molar-refractivity contribution in [2.45, 2.75) is 6.92 Å². The molecule has 0 amide bonds.